The third-order valence-corrected chi connectivity index (χ3v) is 12.3. The Morgan fingerprint density at radius 1 is 0.588 bits per heavy atom. The molecule has 9 rings (SSSR count). The monoisotopic (exact) mass is 698 g/mol. The molecule has 1 aliphatic heterocycles. The lowest BCUT2D eigenvalue weighted by atomic mass is 9.76. The molecule has 7 aromatic carbocycles. The highest BCUT2D eigenvalue weighted by molar-refractivity contribution is 7.99. The number of aryl methyl sites for hydroxylation is 1. The summed E-state index contributed by atoms with van der Waals surface area (Å²) >= 11 is 3.47. The van der Waals surface area contributed by atoms with E-state index in [4.69, 9.17) is 4.74 Å². The van der Waals surface area contributed by atoms with Gasteiger partial charge in [-0.2, -0.15) is 0 Å². The van der Waals surface area contributed by atoms with Crippen molar-refractivity contribution in [2.24, 2.45) is 0 Å². The summed E-state index contributed by atoms with van der Waals surface area (Å²) in [5.41, 5.74) is 7.95. The maximum Gasteiger partial charge on any atom is 0.178 e. The largest absolute Gasteiger partial charge is 0.472 e. The second kappa shape index (κ2) is 12.3. The second-order valence-electron chi connectivity index (χ2n) is 13.9. The molecule has 0 bridgehead atoms. The van der Waals surface area contributed by atoms with Gasteiger partial charge < -0.3 is 4.74 Å². The van der Waals surface area contributed by atoms with Gasteiger partial charge in [0.05, 0.1) is 0 Å². The normalized spacial score (nSPS) is 14.8. The van der Waals surface area contributed by atoms with Crippen LogP contribution in [0.25, 0.3) is 28.0 Å². The second-order valence-corrected chi connectivity index (χ2v) is 16.2. The first-order chi connectivity index (χ1) is 24.8. The first-order valence-corrected chi connectivity index (χ1v) is 18.9. The molecule has 1 nitrogen and oxygen atoms in total. The lowest BCUT2D eigenvalue weighted by Crippen LogP contribution is -2.35. The van der Waals surface area contributed by atoms with E-state index < -0.39 is 5.60 Å². The average Bonchev–Trinajstić information content (AvgIpc) is 3.38. The fourth-order valence-corrected chi connectivity index (χ4v) is 9.51. The van der Waals surface area contributed by atoms with Crippen LogP contribution < -0.4 is 4.74 Å². The number of benzene rings is 7. The van der Waals surface area contributed by atoms with E-state index in [0.29, 0.717) is 5.75 Å². The molecule has 0 amide bonds. The van der Waals surface area contributed by atoms with Crippen LogP contribution in [0.4, 0.5) is 4.39 Å². The number of hydrogen-bond acceptors (Lipinski definition) is 3. The standard InChI is InChI=1S/C47H35FOS2/c1-30-14-24-39-42(28-30)46(2,3)44-40-26-27-47(49-45(40)41-29-33(48)19-25-38(41)43(39)44,31-15-20-36(21-16-31)50-34-10-6-4-7-11-34)32-17-22-37(23-18-32)51-35-12-8-5-9-13-35/h4-29H,1-3H3. The Labute approximate surface area is 307 Å². The molecule has 0 saturated heterocycles. The fourth-order valence-electron chi connectivity index (χ4n) is 7.84. The van der Waals surface area contributed by atoms with Crippen LogP contribution in [-0.2, 0) is 11.0 Å². The van der Waals surface area contributed by atoms with Crippen molar-refractivity contribution in [2.75, 3.05) is 0 Å². The Kier molecular flexibility index (Phi) is 7.72. The van der Waals surface area contributed by atoms with Crippen LogP contribution in [-0.4, -0.2) is 0 Å². The topological polar surface area (TPSA) is 9.23 Å². The summed E-state index contributed by atoms with van der Waals surface area (Å²) in [6, 6.07) is 50.1. The Morgan fingerprint density at radius 3 is 1.75 bits per heavy atom. The van der Waals surface area contributed by atoms with Gasteiger partial charge in [0.25, 0.3) is 0 Å². The molecule has 0 N–H and O–H groups in total. The van der Waals surface area contributed by atoms with E-state index in [1.54, 1.807) is 35.7 Å². The average molecular weight is 699 g/mol. The molecule has 0 saturated carbocycles. The van der Waals surface area contributed by atoms with Gasteiger partial charge in [0.15, 0.2) is 5.60 Å². The molecule has 0 fully saturated rings. The molecule has 1 aliphatic carbocycles. The molecule has 0 atom stereocenters. The Hall–Kier alpha value is -5.03. The summed E-state index contributed by atoms with van der Waals surface area (Å²) in [6.07, 6.45) is 4.45. The van der Waals surface area contributed by atoms with Crippen molar-refractivity contribution in [3.05, 3.63) is 191 Å². The van der Waals surface area contributed by atoms with Crippen LogP contribution in [0.1, 0.15) is 47.2 Å². The van der Waals surface area contributed by atoms with Crippen LogP contribution >= 0.6 is 23.5 Å². The molecule has 1 heterocycles. The van der Waals surface area contributed by atoms with Crippen molar-refractivity contribution in [3.8, 4) is 16.9 Å². The van der Waals surface area contributed by atoms with Crippen LogP contribution in [0, 0.1) is 12.7 Å². The molecule has 0 unspecified atom stereocenters. The van der Waals surface area contributed by atoms with Gasteiger partial charge in [0.2, 0.25) is 0 Å². The minimum absolute atomic E-state index is 0.274. The summed E-state index contributed by atoms with van der Waals surface area (Å²) in [7, 11) is 0. The molecular weight excluding hydrogens is 664 g/mol. The van der Waals surface area contributed by atoms with Crippen molar-refractivity contribution >= 4 is 40.4 Å². The van der Waals surface area contributed by atoms with Crippen LogP contribution in [0.3, 0.4) is 0 Å². The third-order valence-electron chi connectivity index (χ3n) is 10.3. The maximum atomic E-state index is 15.3. The molecule has 2 aliphatic rings. The van der Waals surface area contributed by atoms with Gasteiger partial charge in [-0.25, -0.2) is 4.39 Å². The van der Waals surface area contributed by atoms with E-state index in [1.807, 2.05) is 18.2 Å². The van der Waals surface area contributed by atoms with Crippen molar-refractivity contribution in [3.63, 3.8) is 0 Å². The quantitative estimate of drug-likeness (QED) is 0.171. The van der Waals surface area contributed by atoms with Crippen molar-refractivity contribution in [2.45, 2.75) is 51.4 Å². The highest BCUT2D eigenvalue weighted by Gasteiger charge is 2.44. The summed E-state index contributed by atoms with van der Waals surface area (Å²) in [4.78, 5) is 4.68. The highest BCUT2D eigenvalue weighted by atomic mass is 32.2. The van der Waals surface area contributed by atoms with Crippen LogP contribution in [0.2, 0.25) is 0 Å². The van der Waals surface area contributed by atoms with Gasteiger partial charge in [0, 0.05) is 47.1 Å². The highest BCUT2D eigenvalue weighted by Crippen LogP contribution is 2.58. The maximum absolute atomic E-state index is 15.3. The zero-order valence-electron chi connectivity index (χ0n) is 28.6. The summed E-state index contributed by atoms with van der Waals surface area (Å²) in [5, 5.41) is 1.79. The number of rotatable bonds is 6. The van der Waals surface area contributed by atoms with E-state index in [-0.39, 0.29) is 11.2 Å². The van der Waals surface area contributed by atoms with Crippen molar-refractivity contribution < 1.29 is 9.13 Å². The summed E-state index contributed by atoms with van der Waals surface area (Å²) in [5.74, 6) is 0.438. The zero-order valence-corrected chi connectivity index (χ0v) is 30.2. The first-order valence-electron chi connectivity index (χ1n) is 17.3. The SMILES string of the molecule is Cc1ccc2c(c1)C(C)(C)c1c3c(c4cc(F)ccc4c1-2)OC(c1ccc(Sc2ccccc2)cc1)(c1ccc(Sc2ccccc2)cc1)C=C3. The van der Waals surface area contributed by atoms with Gasteiger partial charge in [-0.05, 0) is 101 Å². The molecule has 0 spiro atoms. The fraction of sp³-hybridized carbons (Fsp3) is 0.106. The molecule has 248 valence electrons. The van der Waals surface area contributed by atoms with Gasteiger partial charge in [-0.15, -0.1) is 0 Å². The molecule has 0 radical (unpaired) electrons. The van der Waals surface area contributed by atoms with Gasteiger partial charge >= 0.3 is 0 Å². The van der Waals surface area contributed by atoms with Gasteiger partial charge in [0.1, 0.15) is 11.6 Å². The Morgan fingerprint density at radius 2 is 1.16 bits per heavy atom. The lowest BCUT2D eigenvalue weighted by molar-refractivity contribution is 0.163. The van der Waals surface area contributed by atoms with E-state index in [1.165, 1.54) is 37.6 Å². The van der Waals surface area contributed by atoms with E-state index in [9.17, 15) is 0 Å². The molecule has 0 aromatic heterocycles. The van der Waals surface area contributed by atoms with Crippen molar-refractivity contribution in [1.82, 2.24) is 0 Å². The molecule has 51 heavy (non-hydrogen) atoms. The third kappa shape index (κ3) is 5.40. The minimum atomic E-state index is -0.946. The van der Waals surface area contributed by atoms with Gasteiger partial charge in [-0.1, -0.05) is 134 Å². The molecule has 4 heteroatoms. The van der Waals surface area contributed by atoms with E-state index in [0.717, 1.165) is 37.3 Å². The number of hydrogen-bond donors (Lipinski definition) is 0. The predicted molar refractivity (Wildman–Crippen MR) is 211 cm³/mol. The molecular formula is C47H35FOS2. The summed E-state index contributed by atoms with van der Waals surface area (Å²) < 4.78 is 22.7. The number of fused-ring (bicyclic) bond motifs is 8. The Balaban J connectivity index is 1.22. The predicted octanol–water partition coefficient (Wildman–Crippen LogP) is 13.2. The minimum Gasteiger partial charge on any atom is -0.472 e. The lowest BCUT2D eigenvalue weighted by Gasteiger charge is -2.38. The van der Waals surface area contributed by atoms with E-state index >= 15 is 4.39 Å². The van der Waals surface area contributed by atoms with Crippen LogP contribution in [0.5, 0.6) is 5.75 Å². The summed E-state index contributed by atoms with van der Waals surface area (Å²) in [6.45, 7) is 6.75. The Bertz CT molecular complexity index is 2380. The van der Waals surface area contributed by atoms with E-state index in [2.05, 4.69) is 148 Å². The van der Waals surface area contributed by atoms with Gasteiger partial charge in [-0.3, -0.25) is 0 Å². The number of ether oxygens (including phenoxy) is 1. The van der Waals surface area contributed by atoms with Crippen molar-refractivity contribution in [1.29, 1.82) is 0 Å². The zero-order chi connectivity index (χ0) is 34.7. The van der Waals surface area contributed by atoms with Crippen LogP contribution in [0.15, 0.2) is 171 Å². The first kappa shape index (κ1) is 31.9. The smallest absolute Gasteiger partial charge is 0.178 e. The molecule has 7 aromatic rings. The number of halogens is 1.